The van der Waals surface area contributed by atoms with Crippen LogP contribution in [0.25, 0.3) is 0 Å². The fraction of sp³-hybridized carbons (Fsp3) is 0.462. The first kappa shape index (κ1) is 13.1. The van der Waals surface area contributed by atoms with E-state index in [-0.39, 0.29) is 0 Å². The number of hydrogen-bond donors (Lipinski definition) is 1. The topological polar surface area (TPSA) is 37.3 Å². The third-order valence-electron chi connectivity index (χ3n) is 2.60. The van der Waals surface area contributed by atoms with Gasteiger partial charge >= 0.3 is 5.97 Å². The smallest absolute Gasteiger partial charge is 0.309 e. The lowest BCUT2D eigenvalue weighted by Gasteiger charge is -2.18. The van der Waals surface area contributed by atoms with E-state index in [1.165, 1.54) is 10.5 Å². The van der Waals surface area contributed by atoms with E-state index >= 15 is 0 Å². The molecule has 0 aliphatic heterocycles. The zero-order valence-electron chi connectivity index (χ0n) is 9.99. The lowest BCUT2D eigenvalue weighted by atomic mass is 9.91. The number of thioether (sulfide) groups is 1. The van der Waals surface area contributed by atoms with E-state index in [9.17, 15) is 4.79 Å². The van der Waals surface area contributed by atoms with Gasteiger partial charge < -0.3 is 5.11 Å². The number of aryl methyl sites for hydroxylation is 1. The van der Waals surface area contributed by atoms with Crippen LogP contribution in [-0.2, 0) is 4.79 Å². The molecule has 0 bridgehead atoms. The van der Waals surface area contributed by atoms with Crippen molar-refractivity contribution >= 4 is 17.7 Å². The Kier molecular flexibility index (Phi) is 4.42. The Morgan fingerprint density at radius 2 is 1.88 bits per heavy atom. The van der Waals surface area contributed by atoms with Gasteiger partial charge in [-0.1, -0.05) is 17.7 Å². The molecule has 1 aromatic rings. The van der Waals surface area contributed by atoms with Gasteiger partial charge in [0, 0.05) is 4.90 Å². The molecule has 16 heavy (non-hydrogen) atoms. The van der Waals surface area contributed by atoms with Crippen LogP contribution in [0.15, 0.2) is 29.2 Å². The van der Waals surface area contributed by atoms with Crippen LogP contribution in [0.5, 0.6) is 0 Å². The maximum atomic E-state index is 10.9. The summed E-state index contributed by atoms with van der Waals surface area (Å²) >= 11 is 1.71. The van der Waals surface area contributed by atoms with Crippen LogP contribution in [0.3, 0.4) is 0 Å². The third-order valence-corrected chi connectivity index (χ3v) is 3.61. The molecule has 0 spiro atoms. The van der Waals surface area contributed by atoms with Crippen molar-refractivity contribution < 1.29 is 9.90 Å². The molecule has 2 nitrogen and oxygen atoms in total. The lowest BCUT2D eigenvalue weighted by Crippen LogP contribution is -2.24. The molecule has 1 aromatic carbocycles. The first-order chi connectivity index (χ1) is 7.42. The second-order valence-corrected chi connectivity index (χ2v) is 5.77. The first-order valence-corrected chi connectivity index (χ1v) is 6.33. The highest BCUT2D eigenvalue weighted by Crippen LogP contribution is 2.26. The third kappa shape index (κ3) is 3.89. The van der Waals surface area contributed by atoms with Crippen molar-refractivity contribution in [2.75, 3.05) is 5.75 Å². The van der Waals surface area contributed by atoms with Gasteiger partial charge in [-0.25, -0.2) is 0 Å². The predicted molar refractivity (Wildman–Crippen MR) is 67.9 cm³/mol. The summed E-state index contributed by atoms with van der Waals surface area (Å²) in [7, 11) is 0. The summed E-state index contributed by atoms with van der Waals surface area (Å²) in [6, 6.07) is 8.30. The fourth-order valence-corrected chi connectivity index (χ4v) is 2.34. The van der Waals surface area contributed by atoms with Gasteiger partial charge in [-0.3, -0.25) is 4.79 Å². The zero-order valence-corrected chi connectivity index (χ0v) is 10.8. The molecule has 0 saturated carbocycles. The van der Waals surface area contributed by atoms with E-state index in [0.29, 0.717) is 6.42 Å². The molecule has 0 aliphatic rings. The lowest BCUT2D eigenvalue weighted by molar-refractivity contribution is -0.146. The van der Waals surface area contributed by atoms with Crippen molar-refractivity contribution in [2.45, 2.75) is 32.1 Å². The standard InChI is InChI=1S/C13H18O2S/c1-10-4-6-11(7-5-10)16-9-8-13(2,3)12(14)15/h4-7H,8-9H2,1-3H3,(H,14,15). The Balaban J connectivity index is 2.41. The Bertz CT molecular complexity index is 355. The molecule has 1 N–H and O–H groups in total. The Labute approximate surface area is 101 Å². The molecule has 0 unspecified atom stereocenters. The van der Waals surface area contributed by atoms with Crippen molar-refractivity contribution in [3.8, 4) is 0 Å². The van der Waals surface area contributed by atoms with Gasteiger partial charge in [0.05, 0.1) is 5.41 Å². The number of carbonyl (C=O) groups is 1. The maximum Gasteiger partial charge on any atom is 0.309 e. The van der Waals surface area contributed by atoms with Gasteiger partial charge in [-0.05, 0) is 45.1 Å². The SMILES string of the molecule is Cc1ccc(SCCC(C)(C)C(=O)O)cc1. The molecular weight excluding hydrogens is 220 g/mol. The minimum absolute atomic E-state index is 0.627. The Morgan fingerprint density at radius 3 is 2.38 bits per heavy atom. The van der Waals surface area contributed by atoms with E-state index in [1.807, 2.05) is 0 Å². The Morgan fingerprint density at radius 1 is 1.31 bits per heavy atom. The van der Waals surface area contributed by atoms with Crippen molar-refractivity contribution in [3.63, 3.8) is 0 Å². The monoisotopic (exact) mass is 238 g/mol. The van der Waals surface area contributed by atoms with Gasteiger partial charge in [0.15, 0.2) is 0 Å². The summed E-state index contributed by atoms with van der Waals surface area (Å²) in [6.07, 6.45) is 0.681. The number of carboxylic acid groups (broad SMARTS) is 1. The molecule has 0 amide bonds. The number of hydrogen-bond acceptors (Lipinski definition) is 2. The van der Waals surface area contributed by atoms with Gasteiger partial charge in [0.25, 0.3) is 0 Å². The number of rotatable bonds is 5. The van der Waals surface area contributed by atoms with Crippen LogP contribution in [0, 0.1) is 12.3 Å². The van der Waals surface area contributed by atoms with Crippen molar-refractivity contribution in [1.82, 2.24) is 0 Å². The zero-order chi connectivity index (χ0) is 12.2. The molecule has 0 fully saturated rings. The Hall–Kier alpha value is -0.960. The van der Waals surface area contributed by atoms with Crippen molar-refractivity contribution in [1.29, 1.82) is 0 Å². The van der Waals surface area contributed by atoms with E-state index in [2.05, 4.69) is 31.2 Å². The summed E-state index contributed by atoms with van der Waals surface area (Å²) in [5.74, 6) is 0.111. The van der Waals surface area contributed by atoms with Crippen LogP contribution in [0.1, 0.15) is 25.8 Å². The maximum absolute atomic E-state index is 10.9. The largest absolute Gasteiger partial charge is 0.481 e. The van der Waals surface area contributed by atoms with Crippen molar-refractivity contribution in [3.05, 3.63) is 29.8 Å². The van der Waals surface area contributed by atoms with Crippen LogP contribution < -0.4 is 0 Å². The van der Waals surface area contributed by atoms with Gasteiger partial charge in [0.2, 0.25) is 0 Å². The fourth-order valence-electron chi connectivity index (χ4n) is 1.17. The molecule has 0 heterocycles. The molecule has 0 aromatic heterocycles. The van der Waals surface area contributed by atoms with E-state index in [4.69, 9.17) is 5.11 Å². The average molecular weight is 238 g/mol. The average Bonchev–Trinajstić information content (AvgIpc) is 2.20. The van der Waals surface area contributed by atoms with Crippen molar-refractivity contribution in [2.24, 2.45) is 5.41 Å². The van der Waals surface area contributed by atoms with Gasteiger partial charge in [-0.2, -0.15) is 0 Å². The molecule has 88 valence electrons. The van der Waals surface area contributed by atoms with Crippen LogP contribution in [0.4, 0.5) is 0 Å². The molecule has 0 atom stereocenters. The molecular formula is C13H18O2S. The minimum Gasteiger partial charge on any atom is -0.481 e. The van der Waals surface area contributed by atoms with Gasteiger partial charge in [0.1, 0.15) is 0 Å². The molecule has 0 saturated heterocycles. The minimum atomic E-state index is -0.725. The first-order valence-electron chi connectivity index (χ1n) is 5.35. The van der Waals surface area contributed by atoms with Crippen LogP contribution in [0.2, 0.25) is 0 Å². The summed E-state index contributed by atoms with van der Waals surface area (Å²) in [6.45, 7) is 5.60. The molecule has 3 heteroatoms. The van der Waals surface area contributed by atoms with E-state index < -0.39 is 11.4 Å². The molecule has 0 radical (unpaired) electrons. The predicted octanol–water partition coefficient (Wildman–Crippen LogP) is 3.59. The highest BCUT2D eigenvalue weighted by Gasteiger charge is 2.26. The summed E-state index contributed by atoms with van der Waals surface area (Å²) in [5.41, 5.74) is 0.618. The van der Waals surface area contributed by atoms with Crippen LogP contribution >= 0.6 is 11.8 Å². The van der Waals surface area contributed by atoms with E-state index in [0.717, 1.165) is 5.75 Å². The second-order valence-electron chi connectivity index (χ2n) is 4.60. The molecule has 1 rings (SSSR count). The normalized spacial score (nSPS) is 11.4. The highest BCUT2D eigenvalue weighted by molar-refractivity contribution is 7.99. The van der Waals surface area contributed by atoms with Gasteiger partial charge in [-0.15, -0.1) is 11.8 Å². The quantitative estimate of drug-likeness (QED) is 0.796. The molecule has 0 aliphatic carbocycles. The number of carboxylic acids is 1. The summed E-state index contributed by atoms with van der Waals surface area (Å²) in [4.78, 5) is 12.1. The highest BCUT2D eigenvalue weighted by atomic mass is 32.2. The summed E-state index contributed by atoms with van der Waals surface area (Å²) in [5, 5.41) is 8.97. The number of aliphatic carboxylic acids is 1. The van der Waals surface area contributed by atoms with Crippen LogP contribution in [-0.4, -0.2) is 16.8 Å². The number of benzene rings is 1. The second kappa shape index (κ2) is 5.39. The van der Waals surface area contributed by atoms with E-state index in [1.54, 1.807) is 25.6 Å². The summed E-state index contributed by atoms with van der Waals surface area (Å²) < 4.78 is 0.